The van der Waals surface area contributed by atoms with Crippen molar-refractivity contribution < 1.29 is 30.7 Å². The van der Waals surface area contributed by atoms with E-state index in [1.807, 2.05) is 0 Å². The summed E-state index contributed by atoms with van der Waals surface area (Å²) in [4.78, 5) is 1.50. The Kier molecular flexibility index (Phi) is 6.82. The van der Waals surface area contributed by atoms with Crippen molar-refractivity contribution in [1.82, 2.24) is 14.7 Å². The first-order valence-corrected chi connectivity index (χ1v) is 11.2. The van der Waals surface area contributed by atoms with Gasteiger partial charge in [-0.3, -0.25) is 4.68 Å². The quantitative estimate of drug-likeness (QED) is 0.516. The number of ether oxygens (including phenoxy) is 1. The topological polar surface area (TPSA) is 90.5 Å². The van der Waals surface area contributed by atoms with E-state index in [-0.39, 0.29) is 46.1 Å². The number of hydrogen-bond donors (Lipinski definition) is 1. The van der Waals surface area contributed by atoms with E-state index in [4.69, 9.17) is 9.88 Å². The highest BCUT2D eigenvalue weighted by Crippen LogP contribution is 2.43. The maximum absolute atomic E-state index is 14.4. The number of primary sulfonamides is 1. The van der Waals surface area contributed by atoms with Gasteiger partial charge in [-0.1, -0.05) is 18.2 Å². The van der Waals surface area contributed by atoms with Gasteiger partial charge >= 0.3 is 6.18 Å². The van der Waals surface area contributed by atoms with E-state index in [1.54, 1.807) is 19.0 Å². The van der Waals surface area contributed by atoms with Gasteiger partial charge in [0, 0.05) is 17.7 Å². The molecule has 0 amide bonds. The molecule has 2 N–H and O–H groups in total. The number of likely N-dealkylation sites (N-methyl/N-ethyl adjacent to an activating group) is 1. The van der Waals surface area contributed by atoms with E-state index in [2.05, 4.69) is 5.10 Å². The van der Waals surface area contributed by atoms with Crippen LogP contribution in [0.15, 0.2) is 47.4 Å². The average molecular weight is 486 g/mol. The minimum absolute atomic E-state index is 0.0535. The van der Waals surface area contributed by atoms with Gasteiger partial charge in [-0.05, 0) is 43.9 Å². The molecular weight excluding hydrogens is 464 g/mol. The normalized spacial score (nSPS) is 12.4. The summed E-state index contributed by atoms with van der Waals surface area (Å²) in [5, 5.41) is 9.30. The van der Waals surface area contributed by atoms with Crippen LogP contribution in [0.5, 0.6) is 5.75 Å². The molecule has 12 heteroatoms. The maximum atomic E-state index is 14.4. The lowest BCUT2D eigenvalue weighted by Gasteiger charge is -2.15. The zero-order valence-corrected chi connectivity index (χ0v) is 18.8. The fourth-order valence-corrected chi connectivity index (χ4v) is 3.82. The largest absolute Gasteiger partial charge is 0.494 e. The van der Waals surface area contributed by atoms with Crippen LogP contribution in [-0.2, 0) is 22.7 Å². The third-order valence-electron chi connectivity index (χ3n) is 4.88. The highest BCUT2D eigenvalue weighted by molar-refractivity contribution is 7.89. The molecule has 0 radical (unpaired) electrons. The molecule has 0 spiro atoms. The highest BCUT2D eigenvalue weighted by Gasteiger charge is 2.40. The summed E-state index contributed by atoms with van der Waals surface area (Å²) in [6.45, 7) is 0.188. The molecule has 0 unspecified atom stereocenters. The number of nitrogens with two attached hydrogens (primary N) is 1. The second-order valence-electron chi connectivity index (χ2n) is 7.52. The van der Waals surface area contributed by atoms with Crippen molar-refractivity contribution >= 4 is 10.0 Å². The van der Waals surface area contributed by atoms with Crippen LogP contribution in [0.1, 0.15) is 5.69 Å². The first-order chi connectivity index (χ1) is 15.3. The number of sulfonamides is 1. The molecule has 0 saturated carbocycles. The van der Waals surface area contributed by atoms with Crippen LogP contribution < -0.4 is 9.88 Å². The van der Waals surface area contributed by atoms with Crippen molar-refractivity contribution in [3.8, 4) is 28.1 Å². The summed E-state index contributed by atoms with van der Waals surface area (Å²) >= 11 is 0. The van der Waals surface area contributed by atoms with Gasteiger partial charge in [0.1, 0.15) is 5.69 Å². The number of methoxy groups -OCH3 is 1. The second kappa shape index (κ2) is 9.12. The van der Waals surface area contributed by atoms with Gasteiger partial charge in [-0.2, -0.15) is 18.3 Å². The van der Waals surface area contributed by atoms with Gasteiger partial charge in [-0.15, -0.1) is 0 Å². The number of hydrogen-bond acceptors (Lipinski definition) is 5. The monoisotopic (exact) mass is 486 g/mol. The molecule has 0 bridgehead atoms. The summed E-state index contributed by atoms with van der Waals surface area (Å²) in [6.07, 6.45) is -4.80. The first kappa shape index (κ1) is 24.7. The van der Waals surface area contributed by atoms with Crippen molar-refractivity contribution in [3.63, 3.8) is 0 Å². The smallest absolute Gasteiger partial charge is 0.433 e. The lowest BCUT2D eigenvalue weighted by molar-refractivity contribution is -0.143. The lowest BCUT2D eigenvalue weighted by Crippen LogP contribution is -2.23. The Morgan fingerprint density at radius 2 is 1.70 bits per heavy atom. The molecule has 3 aromatic rings. The molecule has 0 saturated heterocycles. The van der Waals surface area contributed by atoms with Gasteiger partial charge < -0.3 is 9.64 Å². The summed E-state index contributed by atoms with van der Waals surface area (Å²) in [7, 11) is 0.674. The number of alkyl halides is 3. The predicted octanol–water partition coefficient (Wildman–Crippen LogP) is 3.59. The lowest BCUT2D eigenvalue weighted by atomic mass is 9.98. The zero-order valence-electron chi connectivity index (χ0n) is 18.0. The molecule has 0 aliphatic heterocycles. The molecule has 7 nitrogen and oxygen atoms in total. The third-order valence-corrected chi connectivity index (χ3v) is 5.81. The minimum Gasteiger partial charge on any atom is -0.494 e. The van der Waals surface area contributed by atoms with Crippen LogP contribution >= 0.6 is 0 Å². The Balaban J connectivity index is 2.30. The van der Waals surface area contributed by atoms with Crippen molar-refractivity contribution in [2.24, 2.45) is 5.14 Å². The van der Waals surface area contributed by atoms with Crippen LogP contribution in [-0.4, -0.2) is 50.8 Å². The van der Waals surface area contributed by atoms with Crippen LogP contribution in [0.3, 0.4) is 0 Å². The predicted molar refractivity (Wildman–Crippen MR) is 115 cm³/mol. The van der Waals surface area contributed by atoms with Crippen molar-refractivity contribution in [3.05, 3.63) is 54.0 Å². The Labute approximate surface area is 188 Å². The van der Waals surface area contributed by atoms with Gasteiger partial charge in [0.2, 0.25) is 10.0 Å². The standard InChI is InChI=1S/C21H22F4N4O3S/c1-28(2)10-11-29-20(21(23,24)25)18(14-6-9-17(32-3)16(22)12-14)19(27-29)13-4-7-15(8-5-13)33(26,30)31/h4-9,12H,10-11H2,1-3H3,(H2,26,30,31). The number of aromatic nitrogens is 2. The molecular formula is C21H22F4N4O3S. The Morgan fingerprint density at radius 3 is 2.18 bits per heavy atom. The Hall–Kier alpha value is -2.96. The van der Waals surface area contributed by atoms with E-state index in [9.17, 15) is 26.0 Å². The molecule has 2 aromatic carbocycles. The summed E-state index contributed by atoms with van der Waals surface area (Å²) in [5.74, 6) is -0.953. The first-order valence-electron chi connectivity index (χ1n) is 9.62. The van der Waals surface area contributed by atoms with Gasteiger partial charge in [0.15, 0.2) is 17.3 Å². The Bertz CT molecular complexity index is 1250. The fourth-order valence-electron chi connectivity index (χ4n) is 3.31. The molecule has 1 aromatic heterocycles. The molecule has 0 aliphatic carbocycles. The Morgan fingerprint density at radius 1 is 1.09 bits per heavy atom. The average Bonchev–Trinajstić information content (AvgIpc) is 3.11. The molecule has 0 atom stereocenters. The van der Waals surface area contributed by atoms with Crippen LogP contribution in [0.2, 0.25) is 0 Å². The van der Waals surface area contributed by atoms with Crippen LogP contribution in [0, 0.1) is 5.82 Å². The number of halogens is 4. The van der Waals surface area contributed by atoms with E-state index < -0.39 is 27.7 Å². The number of rotatable bonds is 7. The van der Waals surface area contributed by atoms with Crippen molar-refractivity contribution in [2.45, 2.75) is 17.6 Å². The molecule has 178 valence electrons. The molecule has 1 heterocycles. The van der Waals surface area contributed by atoms with Crippen molar-refractivity contribution in [1.29, 1.82) is 0 Å². The summed E-state index contributed by atoms with van der Waals surface area (Å²) < 4.78 is 85.9. The van der Waals surface area contributed by atoms with E-state index in [1.165, 1.54) is 43.5 Å². The van der Waals surface area contributed by atoms with E-state index in [0.29, 0.717) is 0 Å². The SMILES string of the molecule is COc1ccc(-c2c(-c3ccc(S(N)(=O)=O)cc3)nn(CCN(C)C)c2C(F)(F)F)cc1F. The van der Waals surface area contributed by atoms with Crippen LogP contribution in [0.4, 0.5) is 17.6 Å². The molecule has 3 rings (SSSR count). The van der Waals surface area contributed by atoms with Crippen LogP contribution in [0.25, 0.3) is 22.4 Å². The van der Waals surface area contributed by atoms with Gasteiger partial charge in [-0.25, -0.2) is 17.9 Å². The molecule has 33 heavy (non-hydrogen) atoms. The summed E-state index contributed by atoms with van der Waals surface area (Å²) in [5.41, 5.74) is -1.29. The zero-order chi connectivity index (χ0) is 24.6. The second-order valence-corrected chi connectivity index (χ2v) is 9.08. The summed E-state index contributed by atoms with van der Waals surface area (Å²) in [6, 6.07) is 8.46. The number of benzene rings is 2. The van der Waals surface area contributed by atoms with E-state index in [0.717, 1.165) is 10.7 Å². The highest BCUT2D eigenvalue weighted by atomic mass is 32.2. The minimum atomic E-state index is -4.80. The van der Waals surface area contributed by atoms with Crippen molar-refractivity contribution in [2.75, 3.05) is 27.7 Å². The number of nitrogens with zero attached hydrogens (tertiary/aromatic N) is 3. The van der Waals surface area contributed by atoms with Gasteiger partial charge in [0.25, 0.3) is 0 Å². The maximum Gasteiger partial charge on any atom is 0.433 e. The fraction of sp³-hybridized carbons (Fsp3) is 0.286. The third kappa shape index (κ3) is 5.34. The molecule has 0 fully saturated rings. The molecule has 0 aliphatic rings. The van der Waals surface area contributed by atoms with Gasteiger partial charge in [0.05, 0.1) is 18.6 Å². The van der Waals surface area contributed by atoms with E-state index >= 15 is 0 Å².